The first-order valence-corrected chi connectivity index (χ1v) is 13.4. The molecule has 3 fully saturated rings. The van der Waals surface area contributed by atoms with E-state index in [1.165, 1.54) is 5.56 Å². The Kier molecular flexibility index (Phi) is 6.65. The Labute approximate surface area is 209 Å². The van der Waals surface area contributed by atoms with E-state index in [1.54, 1.807) is 11.0 Å². The average molecular weight is 478 g/mol. The van der Waals surface area contributed by atoms with E-state index in [9.17, 15) is 9.90 Å². The summed E-state index contributed by atoms with van der Waals surface area (Å²) in [6, 6.07) is 11.3. The fourth-order valence-corrected chi connectivity index (χ4v) is 6.78. The third-order valence-corrected chi connectivity index (χ3v) is 8.85. The second-order valence-corrected chi connectivity index (χ2v) is 11.6. The fraction of sp³-hybridized carbons (Fsp3) is 0.567. The van der Waals surface area contributed by atoms with Gasteiger partial charge in [-0.25, -0.2) is 4.39 Å². The molecule has 1 aliphatic carbocycles. The summed E-state index contributed by atoms with van der Waals surface area (Å²) in [5.74, 6) is 0.0781. The number of aryl methyl sites for hydroxylation is 2. The Morgan fingerprint density at radius 1 is 1.17 bits per heavy atom. The van der Waals surface area contributed by atoms with Gasteiger partial charge in [0.25, 0.3) is 0 Å². The lowest BCUT2D eigenvalue weighted by atomic mass is 9.68. The van der Waals surface area contributed by atoms with Gasteiger partial charge in [0, 0.05) is 18.2 Å². The van der Waals surface area contributed by atoms with Crippen LogP contribution in [0.15, 0.2) is 36.4 Å². The van der Waals surface area contributed by atoms with Gasteiger partial charge in [0.1, 0.15) is 11.9 Å². The summed E-state index contributed by atoms with van der Waals surface area (Å²) >= 11 is 0. The van der Waals surface area contributed by atoms with Crippen LogP contribution in [-0.2, 0) is 12.8 Å². The number of nitrogens with zero attached hydrogens (tertiary/aromatic N) is 2. The molecule has 0 unspecified atom stereocenters. The van der Waals surface area contributed by atoms with E-state index >= 15 is 4.39 Å². The van der Waals surface area contributed by atoms with Crippen LogP contribution in [0, 0.1) is 17.2 Å². The highest BCUT2D eigenvalue weighted by atomic mass is 19.1. The fourth-order valence-electron chi connectivity index (χ4n) is 6.78. The second kappa shape index (κ2) is 9.57. The highest BCUT2D eigenvalue weighted by Crippen LogP contribution is 2.50. The first-order chi connectivity index (χ1) is 16.8. The first kappa shape index (κ1) is 24.3. The first-order valence-electron chi connectivity index (χ1n) is 13.4. The molecule has 5 heteroatoms. The molecular formula is C30H38FN2O2-. The Morgan fingerprint density at radius 3 is 2.49 bits per heavy atom. The van der Waals surface area contributed by atoms with Gasteiger partial charge in [0.05, 0.1) is 6.04 Å². The number of carbonyl (C=O) groups is 1. The maximum absolute atomic E-state index is 15.7. The summed E-state index contributed by atoms with van der Waals surface area (Å²) in [6.07, 6.45) is 5.95. The highest BCUT2D eigenvalue weighted by molar-refractivity contribution is 5.68. The van der Waals surface area contributed by atoms with Gasteiger partial charge in [-0.05, 0) is 97.3 Å². The summed E-state index contributed by atoms with van der Waals surface area (Å²) in [6.45, 7) is 9.27. The summed E-state index contributed by atoms with van der Waals surface area (Å²) in [5.41, 5.74) is 4.34. The van der Waals surface area contributed by atoms with Gasteiger partial charge in [0.15, 0.2) is 0 Å². The van der Waals surface area contributed by atoms with Gasteiger partial charge in [-0.3, -0.25) is 0 Å². The average Bonchev–Trinajstić information content (AvgIpc) is 2.85. The molecule has 2 aromatic rings. The van der Waals surface area contributed by atoms with Gasteiger partial charge in [-0.15, -0.1) is 0 Å². The number of carboxylic acid groups (broad SMARTS) is 1. The zero-order chi connectivity index (χ0) is 24.7. The van der Waals surface area contributed by atoms with Crippen molar-refractivity contribution in [3.05, 3.63) is 58.9 Å². The minimum Gasteiger partial charge on any atom is -0.530 e. The van der Waals surface area contributed by atoms with E-state index in [-0.39, 0.29) is 17.3 Å². The number of halogens is 1. The highest BCUT2D eigenvalue weighted by Gasteiger charge is 2.46. The van der Waals surface area contributed by atoms with Crippen LogP contribution in [0.5, 0.6) is 0 Å². The molecule has 2 atom stereocenters. The molecule has 3 heterocycles. The molecular weight excluding hydrogens is 439 g/mol. The van der Waals surface area contributed by atoms with Crippen LogP contribution in [0.3, 0.4) is 0 Å². The van der Waals surface area contributed by atoms with E-state index < -0.39 is 12.1 Å². The molecule has 0 saturated carbocycles. The predicted octanol–water partition coefficient (Wildman–Crippen LogP) is 5.59. The second-order valence-electron chi connectivity index (χ2n) is 11.6. The van der Waals surface area contributed by atoms with E-state index in [2.05, 4.69) is 37.8 Å². The molecule has 3 saturated heterocycles. The Bertz CT molecular complexity index is 1070. The van der Waals surface area contributed by atoms with Gasteiger partial charge >= 0.3 is 0 Å². The molecule has 0 spiro atoms. The molecule has 4 nitrogen and oxygen atoms in total. The SMILES string of the molecule is CCCCc1ccc(-c2cc3c(cc2F)[C@H](N(C(=O)[O-])[C@@H]2CN4CCC2CC4)C(C)(C)CC3)cc1. The van der Waals surface area contributed by atoms with Crippen LogP contribution in [0.25, 0.3) is 11.1 Å². The van der Waals surface area contributed by atoms with Crippen LogP contribution in [0.1, 0.15) is 75.6 Å². The number of benzene rings is 2. The lowest BCUT2D eigenvalue weighted by Crippen LogP contribution is -2.63. The van der Waals surface area contributed by atoms with Crippen LogP contribution >= 0.6 is 0 Å². The number of piperidine rings is 3. The molecule has 3 aliphatic heterocycles. The lowest BCUT2D eigenvalue weighted by molar-refractivity contribution is -0.277. The van der Waals surface area contributed by atoms with Crippen molar-refractivity contribution in [3.63, 3.8) is 0 Å². The zero-order valence-electron chi connectivity index (χ0n) is 21.4. The smallest absolute Gasteiger partial charge is 0.137 e. The molecule has 2 aromatic carbocycles. The van der Waals surface area contributed by atoms with Crippen molar-refractivity contribution in [1.29, 1.82) is 0 Å². The number of fused-ring (bicyclic) bond motifs is 4. The van der Waals surface area contributed by atoms with E-state index in [0.29, 0.717) is 11.5 Å². The number of hydrogen-bond donors (Lipinski definition) is 0. The topological polar surface area (TPSA) is 46.6 Å². The molecule has 1 amide bonds. The Morgan fingerprint density at radius 2 is 1.89 bits per heavy atom. The molecule has 0 N–H and O–H groups in total. The van der Waals surface area contributed by atoms with Crippen LogP contribution in [0.2, 0.25) is 0 Å². The van der Waals surface area contributed by atoms with Gasteiger partial charge in [-0.1, -0.05) is 51.5 Å². The molecule has 2 bridgehead atoms. The lowest BCUT2D eigenvalue weighted by Gasteiger charge is -2.56. The van der Waals surface area contributed by atoms with Crippen molar-refractivity contribution < 1.29 is 14.3 Å². The van der Waals surface area contributed by atoms with Crippen molar-refractivity contribution in [1.82, 2.24) is 9.80 Å². The van der Waals surface area contributed by atoms with E-state index in [1.807, 2.05) is 18.2 Å². The maximum Gasteiger partial charge on any atom is 0.137 e. The standard InChI is InChI=1S/C30H39FN2O2/c1-4-5-6-20-7-9-21(10-8-20)24-17-23-11-14-30(2,3)28(25(23)18-26(24)31)33(29(34)35)27-19-32-15-12-22(27)13-16-32/h7-10,17-18,22,27-28H,4-6,11-16,19H2,1-3H3,(H,34,35)/p-1/t27-,28+/m1/s1. The Hall–Kier alpha value is -2.40. The predicted molar refractivity (Wildman–Crippen MR) is 135 cm³/mol. The minimum absolute atomic E-state index is 0.0869. The number of carbonyl (C=O) groups excluding carboxylic acids is 1. The van der Waals surface area contributed by atoms with Crippen molar-refractivity contribution >= 4 is 6.09 Å². The van der Waals surface area contributed by atoms with E-state index in [0.717, 1.165) is 81.3 Å². The molecule has 0 radical (unpaired) electrons. The summed E-state index contributed by atoms with van der Waals surface area (Å²) in [4.78, 5) is 16.6. The van der Waals surface area contributed by atoms with Crippen molar-refractivity contribution in [2.75, 3.05) is 19.6 Å². The van der Waals surface area contributed by atoms with Crippen LogP contribution in [-0.4, -0.2) is 41.6 Å². The van der Waals surface area contributed by atoms with Crippen LogP contribution in [0.4, 0.5) is 9.18 Å². The monoisotopic (exact) mass is 477 g/mol. The number of rotatable bonds is 6. The number of hydrogen-bond acceptors (Lipinski definition) is 3. The summed E-state index contributed by atoms with van der Waals surface area (Å²) in [7, 11) is 0. The maximum atomic E-state index is 15.7. The molecule has 35 heavy (non-hydrogen) atoms. The third-order valence-electron chi connectivity index (χ3n) is 8.85. The van der Waals surface area contributed by atoms with Crippen molar-refractivity contribution in [2.24, 2.45) is 11.3 Å². The zero-order valence-corrected chi connectivity index (χ0v) is 21.4. The van der Waals surface area contributed by atoms with Crippen LogP contribution < -0.4 is 5.11 Å². The summed E-state index contributed by atoms with van der Waals surface area (Å²) in [5, 5.41) is 12.7. The molecule has 0 aromatic heterocycles. The van der Waals surface area contributed by atoms with E-state index in [4.69, 9.17) is 0 Å². The number of amides is 1. The van der Waals surface area contributed by atoms with Crippen molar-refractivity contribution in [2.45, 2.75) is 77.8 Å². The normalized spacial score (nSPS) is 26.9. The minimum atomic E-state index is -1.12. The largest absolute Gasteiger partial charge is 0.530 e. The van der Waals surface area contributed by atoms with Gasteiger partial charge in [-0.2, -0.15) is 0 Å². The van der Waals surface area contributed by atoms with Gasteiger partial charge in [0.2, 0.25) is 0 Å². The Balaban J connectivity index is 1.51. The van der Waals surface area contributed by atoms with Gasteiger partial charge < -0.3 is 19.7 Å². The molecule has 6 rings (SSSR count). The molecule has 4 aliphatic rings. The third kappa shape index (κ3) is 4.60. The molecule has 188 valence electrons. The van der Waals surface area contributed by atoms with Crippen molar-refractivity contribution in [3.8, 4) is 11.1 Å². The number of unbranched alkanes of at least 4 members (excludes halogenated alkanes) is 1. The summed E-state index contributed by atoms with van der Waals surface area (Å²) < 4.78 is 15.7. The quantitative estimate of drug-likeness (QED) is 0.545.